The lowest BCUT2D eigenvalue weighted by atomic mass is 9.95. The first-order valence-electron chi connectivity index (χ1n) is 5.53. The Hall–Kier alpha value is -1.56. The van der Waals surface area contributed by atoms with Crippen molar-refractivity contribution in [1.29, 1.82) is 0 Å². The van der Waals surface area contributed by atoms with E-state index in [4.69, 9.17) is 14.3 Å². The predicted molar refractivity (Wildman–Crippen MR) is 60.3 cm³/mol. The number of aromatic nitrogens is 1. The Bertz CT molecular complexity index is 417. The van der Waals surface area contributed by atoms with Crippen molar-refractivity contribution < 1.29 is 19.1 Å². The molecule has 0 radical (unpaired) electrons. The Labute approximate surface area is 99.2 Å². The molecule has 6 nitrogen and oxygen atoms in total. The molecule has 0 bridgehead atoms. The Morgan fingerprint density at radius 2 is 2.47 bits per heavy atom. The summed E-state index contributed by atoms with van der Waals surface area (Å²) < 4.78 is 10.6. The van der Waals surface area contributed by atoms with Crippen LogP contribution in [0.25, 0.3) is 0 Å². The van der Waals surface area contributed by atoms with E-state index in [9.17, 15) is 4.79 Å². The van der Waals surface area contributed by atoms with Gasteiger partial charge in [0.25, 0.3) is 6.01 Å². The second-order valence-electron chi connectivity index (χ2n) is 4.50. The molecule has 0 saturated carbocycles. The van der Waals surface area contributed by atoms with E-state index in [0.29, 0.717) is 12.6 Å². The van der Waals surface area contributed by atoms with Crippen molar-refractivity contribution in [3.63, 3.8) is 0 Å². The van der Waals surface area contributed by atoms with Crippen molar-refractivity contribution in [2.45, 2.75) is 25.4 Å². The minimum absolute atomic E-state index is 0.0651. The fraction of sp³-hybridized carbons (Fsp3) is 0.636. The minimum Gasteiger partial charge on any atom is -0.476 e. The topological polar surface area (TPSA) is 75.8 Å². The van der Waals surface area contributed by atoms with Crippen molar-refractivity contribution >= 4 is 12.0 Å². The van der Waals surface area contributed by atoms with Gasteiger partial charge in [-0.1, -0.05) is 0 Å². The number of carboxylic acid groups (broad SMARTS) is 1. The normalized spacial score (nSPS) is 24.9. The molecule has 6 heteroatoms. The highest BCUT2D eigenvalue weighted by Gasteiger charge is 2.32. The first-order valence-corrected chi connectivity index (χ1v) is 5.53. The third-order valence-corrected chi connectivity index (χ3v) is 3.13. The average Bonchev–Trinajstić information content (AvgIpc) is 2.78. The summed E-state index contributed by atoms with van der Waals surface area (Å²) in [7, 11) is 1.68. The Balaban J connectivity index is 2.13. The molecule has 1 fully saturated rings. The first kappa shape index (κ1) is 11.9. The van der Waals surface area contributed by atoms with Gasteiger partial charge in [0.05, 0.1) is 12.1 Å². The number of hydrogen-bond donors (Lipinski definition) is 1. The molecule has 1 N–H and O–H groups in total. The van der Waals surface area contributed by atoms with E-state index < -0.39 is 5.97 Å². The Kier molecular flexibility index (Phi) is 3.06. The molecule has 0 aliphatic carbocycles. The van der Waals surface area contributed by atoms with Crippen LogP contribution >= 0.6 is 0 Å². The Morgan fingerprint density at radius 1 is 1.71 bits per heavy atom. The summed E-state index contributed by atoms with van der Waals surface area (Å²) in [4.78, 5) is 16.6. The summed E-state index contributed by atoms with van der Waals surface area (Å²) in [6.45, 7) is 3.49. The number of aromatic carboxylic acids is 1. The fourth-order valence-corrected chi connectivity index (χ4v) is 2.04. The summed E-state index contributed by atoms with van der Waals surface area (Å²) in [5.74, 6) is -1.08. The van der Waals surface area contributed by atoms with E-state index in [1.54, 1.807) is 7.11 Å². The highest BCUT2D eigenvalue weighted by molar-refractivity contribution is 5.85. The zero-order valence-electron chi connectivity index (χ0n) is 9.97. The summed E-state index contributed by atoms with van der Waals surface area (Å²) in [5.41, 5.74) is -0.291. The lowest BCUT2D eigenvalue weighted by molar-refractivity contribution is -0.00564. The van der Waals surface area contributed by atoms with E-state index in [-0.39, 0.29) is 11.3 Å². The standard InChI is InChI=1S/C11H16N2O4/c1-11(16-2)4-3-5-13(7-11)10-12-8(6-17-10)9(14)15/h6H,3-5,7H2,1-2H3,(H,14,15). The van der Waals surface area contributed by atoms with Crippen LogP contribution in [0.2, 0.25) is 0 Å². The summed E-state index contributed by atoms with van der Waals surface area (Å²) >= 11 is 0. The zero-order chi connectivity index (χ0) is 12.5. The van der Waals surface area contributed by atoms with Gasteiger partial charge in [-0.05, 0) is 19.8 Å². The number of ether oxygens (including phenoxy) is 1. The van der Waals surface area contributed by atoms with Crippen LogP contribution in [0, 0.1) is 0 Å². The molecule has 1 unspecified atom stereocenters. The van der Waals surface area contributed by atoms with Crippen LogP contribution in [0.4, 0.5) is 6.01 Å². The molecule has 0 spiro atoms. The van der Waals surface area contributed by atoms with Gasteiger partial charge >= 0.3 is 5.97 Å². The molecule has 1 atom stereocenters. The second-order valence-corrected chi connectivity index (χ2v) is 4.50. The van der Waals surface area contributed by atoms with Gasteiger partial charge in [0.2, 0.25) is 0 Å². The molecule has 2 rings (SSSR count). The summed E-state index contributed by atoms with van der Waals surface area (Å²) in [5, 5.41) is 8.78. The van der Waals surface area contributed by atoms with Crippen LogP contribution in [0.3, 0.4) is 0 Å². The van der Waals surface area contributed by atoms with Crippen molar-refractivity contribution in [3.05, 3.63) is 12.0 Å². The van der Waals surface area contributed by atoms with Gasteiger partial charge < -0.3 is 19.2 Å². The number of carboxylic acids is 1. The average molecular weight is 240 g/mol. The molecule has 1 aliphatic heterocycles. The number of carbonyl (C=O) groups is 1. The maximum atomic E-state index is 10.7. The molecule has 0 aromatic carbocycles. The SMILES string of the molecule is COC1(C)CCCN(c2nc(C(=O)O)co2)C1. The molecule has 1 aromatic rings. The van der Waals surface area contributed by atoms with Gasteiger partial charge in [-0.25, -0.2) is 4.79 Å². The number of piperidine rings is 1. The number of anilines is 1. The van der Waals surface area contributed by atoms with E-state index in [1.165, 1.54) is 0 Å². The van der Waals surface area contributed by atoms with Crippen molar-refractivity contribution in [3.8, 4) is 0 Å². The number of hydrogen-bond acceptors (Lipinski definition) is 5. The van der Waals surface area contributed by atoms with Gasteiger partial charge in [0.15, 0.2) is 5.69 Å². The molecule has 1 aliphatic rings. The smallest absolute Gasteiger partial charge is 0.357 e. The largest absolute Gasteiger partial charge is 0.476 e. The highest BCUT2D eigenvalue weighted by atomic mass is 16.5. The zero-order valence-corrected chi connectivity index (χ0v) is 9.97. The third-order valence-electron chi connectivity index (χ3n) is 3.13. The summed E-state index contributed by atoms with van der Waals surface area (Å²) in [6.07, 6.45) is 3.11. The number of oxazole rings is 1. The highest BCUT2D eigenvalue weighted by Crippen LogP contribution is 2.27. The minimum atomic E-state index is -1.08. The molecule has 2 heterocycles. The monoisotopic (exact) mass is 240 g/mol. The lowest BCUT2D eigenvalue weighted by Crippen LogP contribution is -2.47. The van der Waals surface area contributed by atoms with E-state index in [1.807, 2.05) is 11.8 Å². The second kappa shape index (κ2) is 4.37. The van der Waals surface area contributed by atoms with Crippen LogP contribution in [0.15, 0.2) is 10.7 Å². The molecule has 1 saturated heterocycles. The molecule has 1 aromatic heterocycles. The molecule has 17 heavy (non-hydrogen) atoms. The number of rotatable bonds is 3. The Morgan fingerprint density at radius 3 is 3.06 bits per heavy atom. The molecular weight excluding hydrogens is 224 g/mol. The van der Waals surface area contributed by atoms with E-state index in [2.05, 4.69) is 4.98 Å². The van der Waals surface area contributed by atoms with Crippen molar-refractivity contribution in [2.24, 2.45) is 0 Å². The van der Waals surface area contributed by atoms with Crippen LogP contribution in [0.5, 0.6) is 0 Å². The lowest BCUT2D eigenvalue weighted by Gasteiger charge is -2.38. The van der Waals surface area contributed by atoms with Crippen LogP contribution in [-0.2, 0) is 4.74 Å². The number of methoxy groups -OCH3 is 1. The van der Waals surface area contributed by atoms with Crippen LogP contribution in [0.1, 0.15) is 30.3 Å². The molecular formula is C11H16N2O4. The van der Waals surface area contributed by atoms with Crippen LogP contribution < -0.4 is 4.90 Å². The van der Waals surface area contributed by atoms with Gasteiger partial charge in [-0.3, -0.25) is 0 Å². The molecule has 94 valence electrons. The van der Waals surface area contributed by atoms with Gasteiger partial charge in [0.1, 0.15) is 6.26 Å². The van der Waals surface area contributed by atoms with Crippen molar-refractivity contribution in [2.75, 3.05) is 25.1 Å². The first-order chi connectivity index (χ1) is 8.04. The van der Waals surface area contributed by atoms with Gasteiger partial charge in [-0.15, -0.1) is 0 Å². The molecule has 0 amide bonds. The van der Waals surface area contributed by atoms with Gasteiger partial charge in [0, 0.05) is 13.7 Å². The maximum Gasteiger partial charge on any atom is 0.357 e. The summed E-state index contributed by atoms with van der Waals surface area (Å²) in [6, 6.07) is 0.352. The maximum absolute atomic E-state index is 10.7. The third kappa shape index (κ3) is 2.41. The quantitative estimate of drug-likeness (QED) is 0.860. The van der Waals surface area contributed by atoms with Gasteiger partial charge in [-0.2, -0.15) is 4.98 Å². The fourth-order valence-electron chi connectivity index (χ4n) is 2.04. The van der Waals surface area contributed by atoms with E-state index >= 15 is 0 Å². The number of nitrogens with zero attached hydrogens (tertiary/aromatic N) is 2. The van der Waals surface area contributed by atoms with E-state index in [0.717, 1.165) is 25.6 Å². The van der Waals surface area contributed by atoms with Crippen LogP contribution in [-0.4, -0.2) is 41.9 Å². The van der Waals surface area contributed by atoms with Crippen molar-refractivity contribution in [1.82, 2.24) is 4.98 Å². The predicted octanol–water partition coefficient (Wildman–Crippen LogP) is 1.38.